The average molecular weight is 465 g/mol. The molecule has 1 aromatic heterocycles. The van der Waals surface area contributed by atoms with E-state index < -0.39 is 0 Å². The number of nitrogens with one attached hydrogen (secondary N) is 1. The minimum absolute atomic E-state index is 0.0724. The third-order valence-electron chi connectivity index (χ3n) is 7.19. The normalized spacial score (nSPS) is 20.4. The first-order valence-electron chi connectivity index (χ1n) is 12.7. The van der Waals surface area contributed by atoms with Gasteiger partial charge >= 0.3 is 6.03 Å². The number of primary amides is 1. The van der Waals surface area contributed by atoms with Crippen LogP contribution in [0.1, 0.15) is 76.1 Å². The lowest BCUT2D eigenvalue weighted by atomic mass is 9.84. The SMILES string of the molecule is CN(C)c1nc(N[C@H]2CC[C@@H](N(C(N)=O)c3ccccc3C(C)(C)C)CC2)nc2c1CCCC2. The molecule has 4 rings (SSSR count). The van der Waals surface area contributed by atoms with Gasteiger partial charge in [0.15, 0.2) is 0 Å². The monoisotopic (exact) mass is 464 g/mol. The number of fused-ring (bicyclic) bond motifs is 1. The van der Waals surface area contributed by atoms with Crippen LogP contribution in [0.4, 0.5) is 22.2 Å². The number of carbonyl (C=O) groups excluding carboxylic acids is 1. The van der Waals surface area contributed by atoms with Gasteiger partial charge in [-0.3, -0.25) is 4.90 Å². The molecule has 1 heterocycles. The van der Waals surface area contributed by atoms with Crippen LogP contribution in [0.15, 0.2) is 24.3 Å². The molecule has 2 aliphatic carbocycles. The van der Waals surface area contributed by atoms with Crippen LogP contribution < -0.4 is 20.9 Å². The van der Waals surface area contributed by atoms with Gasteiger partial charge in [0.05, 0.1) is 5.69 Å². The molecule has 0 bridgehead atoms. The maximum Gasteiger partial charge on any atom is 0.319 e. The van der Waals surface area contributed by atoms with Crippen molar-refractivity contribution in [3.05, 3.63) is 41.1 Å². The number of hydrogen-bond donors (Lipinski definition) is 2. The van der Waals surface area contributed by atoms with E-state index >= 15 is 0 Å². The predicted octanol–water partition coefficient (Wildman–Crippen LogP) is 5.03. The molecule has 34 heavy (non-hydrogen) atoms. The molecule has 1 aromatic carbocycles. The summed E-state index contributed by atoms with van der Waals surface area (Å²) in [6.45, 7) is 6.52. The molecular formula is C27H40N6O. The number of amides is 2. The lowest BCUT2D eigenvalue weighted by Gasteiger charge is -2.38. The highest BCUT2D eigenvalue weighted by Gasteiger charge is 2.32. The zero-order valence-corrected chi connectivity index (χ0v) is 21.4. The zero-order chi connectivity index (χ0) is 24.5. The first kappa shape index (κ1) is 24.3. The van der Waals surface area contributed by atoms with Gasteiger partial charge in [-0.2, -0.15) is 4.98 Å². The Morgan fingerprint density at radius 1 is 1.03 bits per heavy atom. The summed E-state index contributed by atoms with van der Waals surface area (Å²) in [5, 5.41) is 3.61. The van der Waals surface area contributed by atoms with E-state index in [1.54, 1.807) is 0 Å². The third-order valence-corrected chi connectivity index (χ3v) is 7.19. The van der Waals surface area contributed by atoms with Crippen molar-refractivity contribution in [2.75, 3.05) is 29.2 Å². The van der Waals surface area contributed by atoms with Gasteiger partial charge < -0.3 is 16.0 Å². The van der Waals surface area contributed by atoms with E-state index in [2.05, 4.69) is 51.1 Å². The van der Waals surface area contributed by atoms with Crippen LogP contribution in [-0.4, -0.2) is 42.2 Å². The van der Waals surface area contributed by atoms with Crippen molar-refractivity contribution in [1.82, 2.24) is 9.97 Å². The number of aromatic nitrogens is 2. The highest BCUT2D eigenvalue weighted by Crippen LogP contribution is 2.36. The van der Waals surface area contributed by atoms with Crippen LogP contribution in [0.5, 0.6) is 0 Å². The number of para-hydroxylation sites is 1. The topological polar surface area (TPSA) is 87.4 Å². The molecule has 0 unspecified atom stereocenters. The molecule has 184 valence electrons. The number of carbonyl (C=O) groups is 1. The fraction of sp³-hybridized carbons (Fsp3) is 0.593. The van der Waals surface area contributed by atoms with Gasteiger partial charge in [0, 0.05) is 37.4 Å². The quantitative estimate of drug-likeness (QED) is 0.648. The molecule has 0 saturated heterocycles. The number of nitrogens with zero attached hydrogens (tertiary/aromatic N) is 4. The number of nitrogens with two attached hydrogens (primary N) is 1. The van der Waals surface area contributed by atoms with Crippen molar-refractivity contribution in [1.29, 1.82) is 0 Å². The second-order valence-electron chi connectivity index (χ2n) is 11.0. The van der Waals surface area contributed by atoms with Crippen LogP contribution in [0.2, 0.25) is 0 Å². The van der Waals surface area contributed by atoms with E-state index in [-0.39, 0.29) is 17.5 Å². The molecule has 1 saturated carbocycles. The Morgan fingerprint density at radius 2 is 1.71 bits per heavy atom. The molecule has 0 atom stereocenters. The summed E-state index contributed by atoms with van der Waals surface area (Å²) in [5.41, 5.74) is 10.4. The number of hydrogen-bond acceptors (Lipinski definition) is 5. The summed E-state index contributed by atoms with van der Waals surface area (Å²) in [4.78, 5) is 26.3. The van der Waals surface area contributed by atoms with Crippen molar-refractivity contribution < 1.29 is 4.79 Å². The highest BCUT2D eigenvalue weighted by molar-refractivity contribution is 5.92. The van der Waals surface area contributed by atoms with E-state index in [1.165, 1.54) is 24.1 Å². The van der Waals surface area contributed by atoms with Crippen molar-refractivity contribution in [2.45, 2.75) is 89.6 Å². The van der Waals surface area contributed by atoms with Crippen LogP contribution in [-0.2, 0) is 18.3 Å². The average Bonchev–Trinajstić information content (AvgIpc) is 2.79. The van der Waals surface area contributed by atoms with E-state index in [9.17, 15) is 4.79 Å². The van der Waals surface area contributed by atoms with E-state index in [1.807, 2.05) is 23.1 Å². The van der Waals surface area contributed by atoms with Gasteiger partial charge in [0.1, 0.15) is 5.82 Å². The minimum atomic E-state index is -0.373. The molecule has 7 heteroatoms. The molecule has 0 spiro atoms. The molecule has 0 aliphatic heterocycles. The number of rotatable bonds is 5. The fourth-order valence-corrected chi connectivity index (χ4v) is 5.48. The molecule has 7 nitrogen and oxygen atoms in total. The van der Waals surface area contributed by atoms with Crippen molar-refractivity contribution in [3.63, 3.8) is 0 Å². The Labute approximate surface area is 204 Å². The number of urea groups is 1. The Balaban J connectivity index is 1.48. The Hall–Kier alpha value is -2.83. The summed E-state index contributed by atoms with van der Waals surface area (Å²) < 4.78 is 0. The van der Waals surface area contributed by atoms with E-state index in [0.29, 0.717) is 6.04 Å². The standard InChI is InChI=1S/C27H40N6O/c1-27(2,3)21-11-7-9-13-23(21)33(25(28)34)19-16-14-18(15-17-19)29-26-30-22-12-8-6-10-20(22)24(31-26)32(4)5/h7,9,11,13,18-19H,6,8,10,12,14-17H2,1-5H3,(H2,28,34)(H,29,30,31)/t18-,19+. The molecule has 1 fully saturated rings. The Morgan fingerprint density at radius 3 is 2.35 bits per heavy atom. The van der Waals surface area contributed by atoms with Crippen LogP contribution >= 0.6 is 0 Å². The second kappa shape index (κ2) is 9.80. The summed E-state index contributed by atoms with van der Waals surface area (Å²) >= 11 is 0. The summed E-state index contributed by atoms with van der Waals surface area (Å²) in [5.74, 6) is 1.78. The third kappa shape index (κ3) is 5.13. The predicted molar refractivity (Wildman–Crippen MR) is 140 cm³/mol. The second-order valence-corrected chi connectivity index (χ2v) is 11.0. The number of benzene rings is 1. The Kier molecular flexibility index (Phi) is 7.01. The van der Waals surface area contributed by atoms with Gasteiger partial charge in [-0.1, -0.05) is 39.0 Å². The first-order valence-corrected chi connectivity index (χ1v) is 12.7. The highest BCUT2D eigenvalue weighted by atomic mass is 16.2. The summed E-state index contributed by atoms with van der Waals surface area (Å²) in [6, 6.07) is 8.17. The molecule has 2 aromatic rings. The van der Waals surface area contributed by atoms with Crippen LogP contribution in [0.3, 0.4) is 0 Å². The maximum absolute atomic E-state index is 12.6. The van der Waals surface area contributed by atoms with Crippen molar-refractivity contribution >= 4 is 23.5 Å². The first-order chi connectivity index (χ1) is 16.1. The van der Waals surface area contributed by atoms with Gasteiger partial charge in [0.25, 0.3) is 0 Å². The molecular weight excluding hydrogens is 424 g/mol. The molecule has 2 aliphatic rings. The summed E-state index contributed by atoms with van der Waals surface area (Å²) in [6.07, 6.45) is 8.18. The van der Waals surface area contributed by atoms with E-state index in [4.69, 9.17) is 15.7 Å². The van der Waals surface area contributed by atoms with Gasteiger partial charge in [-0.25, -0.2) is 9.78 Å². The van der Waals surface area contributed by atoms with Crippen molar-refractivity contribution in [2.24, 2.45) is 5.73 Å². The van der Waals surface area contributed by atoms with E-state index in [0.717, 1.165) is 61.5 Å². The van der Waals surface area contributed by atoms with Crippen LogP contribution in [0, 0.1) is 0 Å². The minimum Gasteiger partial charge on any atom is -0.362 e. The largest absolute Gasteiger partial charge is 0.362 e. The van der Waals surface area contributed by atoms with Gasteiger partial charge in [0.2, 0.25) is 5.95 Å². The number of aryl methyl sites for hydroxylation is 1. The zero-order valence-electron chi connectivity index (χ0n) is 21.4. The van der Waals surface area contributed by atoms with Crippen molar-refractivity contribution in [3.8, 4) is 0 Å². The number of anilines is 3. The Bertz CT molecular complexity index is 1020. The molecule has 3 N–H and O–H groups in total. The smallest absolute Gasteiger partial charge is 0.319 e. The lowest BCUT2D eigenvalue weighted by Crippen LogP contribution is -2.47. The van der Waals surface area contributed by atoms with Gasteiger partial charge in [-0.05, 0) is 68.4 Å². The fourth-order valence-electron chi connectivity index (χ4n) is 5.48. The lowest BCUT2D eigenvalue weighted by molar-refractivity contribution is 0.248. The maximum atomic E-state index is 12.6. The molecule has 0 radical (unpaired) electrons. The molecule has 2 amide bonds. The summed E-state index contributed by atoms with van der Waals surface area (Å²) in [7, 11) is 4.11. The van der Waals surface area contributed by atoms with Crippen LogP contribution in [0.25, 0.3) is 0 Å². The van der Waals surface area contributed by atoms with Gasteiger partial charge in [-0.15, -0.1) is 0 Å².